The van der Waals surface area contributed by atoms with E-state index in [2.05, 4.69) is 286 Å². The molecular weight excluding hydrogens is 969 g/mol. The summed E-state index contributed by atoms with van der Waals surface area (Å²) in [6, 6.07) is 97.6. The molecule has 0 radical (unpaired) electrons. The first-order chi connectivity index (χ1) is 39.7. The Labute approximate surface area is 460 Å². The summed E-state index contributed by atoms with van der Waals surface area (Å²) in [5, 5.41) is 19.0. The minimum Gasteiger partial charge on any atom is -0.339 e. The molecule has 4 nitrogen and oxygen atoms in total. The highest BCUT2D eigenvalue weighted by molar-refractivity contribution is 6.26. The van der Waals surface area contributed by atoms with E-state index in [1.54, 1.807) is 0 Å². The monoisotopic (exact) mass is 1020 g/mol. The van der Waals surface area contributed by atoms with Crippen molar-refractivity contribution in [2.24, 2.45) is 0 Å². The third kappa shape index (κ3) is 6.16. The van der Waals surface area contributed by atoms with E-state index in [9.17, 15) is 0 Å². The van der Waals surface area contributed by atoms with Crippen LogP contribution in [0.5, 0.6) is 0 Å². The van der Waals surface area contributed by atoms with Crippen molar-refractivity contribution in [3.8, 4) is 39.3 Å². The summed E-state index contributed by atoms with van der Waals surface area (Å²) < 4.78 is 7.41. The normalized spacial score (nSPS) is 12.9. The average molecular weight is 1020 g/mol. The first-order valence-corrected chi connectivity index (χ1v) is 27.9. The number of benzene rings is 14. The second kappa shape index (κ2) is 16.5. The van der Waals surface area contributed by atoms with Crippen LogP contribution in [0.2, 0.25) is 0 Å². The summed E-state index contributed by atoms with van der Waals surface area (Å²) in [5.41, 5.74) is 18.3. The van der Waals surface area contributed by atoms with Gasteiger partial charge in [0.15, 0.2) is 0 Å². The smallest absolute Gasteiger partial charge is 0.0788 e. The molecule has 4 heterocycles. The quantitative estimate of drug-likeness (QED) is 0.152. The highest BCUT2D eigenvalue weighted by Crippen LogP contribution is 2.48. The van der Waals surface area contributed by atoms with Crippen LogP contribution >= 0.6 is 0 Å². The molecule has 0 N–H and O–H groups in total. The van der Waals surface area contributed by atoms with Crippen molar-refractivity contribution in [2.45, 2.75) is 6.42 Å². The van der Waals surface area contributed by atoms with Crippen molar-refractivity contribution in [2.75, 3.05) is 11.4 Å². The third-order valence-electron chi connectivity index (χ3n) is 17.8. The van der Waals surface area contributed by atoms with Crippen molar-refractivity contribution in [1.82, 2.24) is 13.7 Å². The maximum atomic E-state index is 2.57. The van der Waals surface area contributed by atoms with Crippen LogP contribution in [0, 0.1) is 0 Å². The summed E-state index contributed by atoms with van der Waals surface area (Å²) in [6.07, 6.45) is 3.26. The van der Waals surface area contributed by atoms with Crippen molar-refractivity contribution < 1.29 is 0 Å². The predicted octanol–water partition coefficient (Wildman–Crippen LogP) is 20.1. The average Bonchev–Trinajstić information content (AvgIpc) is 4.33. The van der Waals surface area contributed by atoms with Gasteiger partial charge in [0, 0.05) is 62.1 Å². The Kier molecular flexibility index (Phi) is 9.03. The molecule has 0 saturated carbocycles. The Morgan fingerprint density at radius 2 is 0.912 bits per heavy atom. The van der Waals surface area contributed by atoms with Gasteiger partial charge in [-0.1, -0.05) is 182 Å². The Balaban J connectivity index is 0.790. The SMILES string of the molecule is c1ccc(-n2c3ccccc3c3ccc4c(c32)N(c2cccc(-c3cc5cc(-c6ccc7c(c6)c6ccc8ccn(-c9ccc%10ccc%11cccc%12ccc9c%10c%11%12)c8c6n7-c6ccccc6)ccc5c5ccccc35)c2)CC4)cc1. The van der Waals surface area contributed by atoms with Crippen molar-refractivity contribution >= 4 is 120 Å². The van der Waals surface area contributed by atoms with Crippen molar-refractivity contribution in [3.05, 3.63) is 273 Å². The first kappa shape index (κ1) is 43.7. The summed E-state index contributed by atoms with van der Waals surface area (Å²) >= 11 is 0. The summed E-state index contributed by atoms with van der Waals surface area (Å²) in [4.78, 5) is 2.57. The maximum Gasteiger partial charge on any atom is 0.0788 e. The number of rotatable bonds is 6. The highest BCUT2D eigenvalue weighted by Gasteiger charge is 2.28. The summed E-state index contributed by atoms with van der Waals surface area (Å²) in [7, 11) is 0. The molecule has 3 aromatic heterocycles. The lowest BCUT2D eigenvalue weighted by molar-refractivity contribution is 0.998. The van der Waals surface area contributed by atoms with Crippen LogP contribution in [-0.2, 0) is 6.42 Å². The molecule has 0 saturated heterocycles. The molecule has 372 valence electrons. The van der Waals surface area contributed by atoms with Crippen LogP contribution in [-0.4, -0.2) is 20.2 Å². The van der Waals surface area contributed by atoms with E-state index in [1.807, 2.05) is 0 Å². The molecule has 0 unspecified atom stereocenters. The van der Waals surface area contributed by atoms with Crippen LogP contribution < -0.4 is 4.90 Å². The molecule has 0 spiro atoms. The number of fused-ring (bicyclic) bond motifs is 13. The van der Waals surface area contributed by atoms with Gasteiger partial charge in [0.25, 0.3) is 0 Å². The second-order valence-electron chi connectivity index (χ2n) is 21.9. The van der Waals surface area contributed by atoms with E-state index in [1.165, 1.54) is 159 Å². The van der Waals surface area contributed by atoms with Gasteiger partial charge in [-0.05, 0) is 162 Å². The fraction of sp³-hybridized carbons (Fsp3) is 0.0263. The zero-order valence-corrected chi connectivity index (χ0v) is 43.6. The fourth-order valence-electron chi connectivity index (χ4n) is 14.3. The maximum absolute atomic E-state index is 2.57. The van der Waals surface area contributed by atoms with E-state index in [0.717, 1.165) is 18.7 Å². The Morgan fingerprint density at radius 1 is 0.300 bits per heavy atom. The number of hydrogen-bond donors (Lipinski definition) is 0. The number of anilines is 2. The second-order valence-corrected chi connectivity index (χ2v) is 21.9. The van der Waals surface area contributed by atoms with Crippen molar-refractivity contribution in [1.29, 1.82) is 0 Å². The van der Waals surface area contributed by atoms with E-state index < -0.39 is 0 Å². The van der Waals surface area contributed by atoms with Gasteiger partial charge in [-0.2, -0.15) is 0 Å². The van der Waals surface area contributed by atoms with E-state index in [-0.39, 0.29) is 0 Å². The number of hydrogen-bond acceptors (Lipinski definition) is 1. The highest BCUT2D eigenvalue weighted by atomic mass is 15.2. The molecule has 18 rings (SSSR count). The largest absolute Gasteiger partial charge is 0.339 e. The zero-order chi connectivity index (χ0) is 52.2. The molecule has 1 aliphatic heterocycles. The Morgan fingerprint density at radius 3 is 1.75 bits per heavy atom. The Hall–Kier alpha value is -10.4. The molecule has 0 bridgehead atoms. The van der Waals surface area contributed by atoms with E-state index >= 15 is 0 Å². The minimum absolute atomic E-state index is 0.920. The van der Waals surface area contributed by atoms with Crippen LogP contribution in [0.3, 0.4) is 0 Å². The molecule has 17 aromatic rings. The van der Waals surface area contributed by atoms with Gasteiger partial charge in [-0.15, -0.1) is 0 Å². The molecule has 0 fully saturated rings. The molecule has 0 amide bonds. The van der Waals surface area contributed by atoms with Crippen LogP contribution in [0.25, 0.3) is 148 Å². The lowest BCUT2D eigenvalue weighted by atomic mass is 9.91. The van der Waals surface area contributed by atoms with Crippen LogP contribution in [0.4, 0.5) is 11.4 Å². The molecule has 14 aromatic carbocycles. The molecule has 4 heteroatoms. The fourth-order valence-corrected chi connectivity index (χ4v) is 14.3. The zero-order valence-electron chi connectivity index (χ0n) is 43.6. The number of aromatic nitrogens is 3. The van der Waals surface area contributed by atoms with Gasteiger partial charge in [-0.25, -0.2) is 0 Å². The molecule has 1 aliphatic rings. The lowest BCUT2D eigenvalue weighted by Gasteiger charge is -2.23. The van der Waals surface area contributed by atoms with Gasteiger partial charge < -0.3 is 18.6 Å². The van der Waals surface area contributed by atoms with Crippen molar-refractivity contribution in [3.63, 3.8) is 0 Å². The predicted molar refractivity (Wildman–Crippen MR) is 339 cm³/mol. The van der Waals surface area contributed by atoms with Crippen LogP contribution in [0.15, 0.2) is 267 Å². The van der Waals surface area contributed by atoms with Gasteiger partial charge in [0.1, 0.15) is 0 Å². The van der Waals surface area contributed by atoms with Gasteiger partial charge in [0.2, 0.25) is 0 Å². The number of para-hydroxylation sites is 3. The first-order valence-electron chi connectivity index (χ1n) is 27.9. The molecule has 0 aliphatic carbocycles. The molecular formula is C76H48N4. The van der Waals surface area contributed by atoms with Gasteiger partial charge >= 0.3 is 0 Å². The molecule has 80 heavy (non-hydrogen) atoms. The topological polar surface area (TPSA) is 18.0 Å². The minimum atomic E-state index is 0.920. The van der Waals surface area contributed by atoms with E-state index in [0.29, 0.717) is 0 Å². The molecule has 0 atom stereocenters. The van der Waals surface area contributed by atoms with Gasteiger partial charge in [0.05, 0.1) is 39.0 Å². The Bertz CT molecular complexity index is 5410. The standard InChI is InChI=1S/C76H48N4/c1-3-16-56(17-4-1)79-69-24-10-9-23-62(69)63-34-28-50-39-41-77(73(50)75(63)79)58-20-12-15-54(44-58)66-46-55-43-52(30-33-59(55)60-21-7-8-22-61(60)66)53-32-38-70-67(45-53)64-35-29-51-40-42-78(74(51)76(64)80(70)57-18-5-2-6-19-57)68-37-31-49-26-25-47-13-11-14-48-27-36-65(68)72(49)71(47)48/h1-38,40,42-46H,39,41H2. The summed E-state index contributed by atoms with van der Waals surface area (Å²) in [6.45, 7) is 0.920. The van der Waals surface area contributed by atoms with E-state index in [4.69, 9.17) is 0 Å². The van der Waals surface area contributed by atoms with Crippen LogP contribution in [0.1, 0.15) is 5.56 Å². The summed E-state index contributed by atoms with van der Waals surface area (Å²) in [5.74, 6) is 0. The third-order valence-corrected chi connectivity index (χ3v) is 17.8. The lowest BCUT2D eigenvalue weighted by Crippen LogP contribution is -2.14. The van der Waals surface area contributed by atoms with Gasteiger partial charge in [-0.3, -0.25) is 0 Å². The number of nitrogens with zero attached hydrogens (tertiary/aromatic N) is 4.